The molecule has 6 fully saturated rings. The zero-order valence-electron chi connectivity index (χ0n) is 59.4. The third-order valence-electron chi connectivity index (χ3n) is 20.9. The average molecular weight is 1290 g/mol. The number of nitrogens with zero attached hydrogens (tertiary/aromatic N) is 6. The molecule has 0 bridgehead atoms. The van der Waals surface area contributed by atoms with Crippen LogP contribution in [0.25, 0.3) is 5.57 Å². The molecule has 2 saturated heterocycles. The van der Waals surface area contributed by atoms with Crippen molar-refractivity contribution in [3.63, 3.8) is 0 Å². The van der Waals surface area contributed by atoms with Gasteiger partial charge in [-0.05, 0) is 260 Å². The summed E-state index contributed by atoms with van der Waals surface area (Å²) in [5.74, 6) is 4.03. The van der Waals surface area contributed by atoms with Crippen LogP contribution >= 0.6 is 0 Å². The number of alkyl carbamates (subject to hydrolysis) is 1. The van der Waals surface area contributed by atoms with Gasteiger partial charge in [0.15, 0.2) is 0 Å². The van der Waals surface area contributed by atoms with Gasteiger partial charge in [0, 0.05) is 103 Å². The molecule has 0 aromatic heterocycles. The molecule has 1 atom stereocenters. The number of piperidine rings is 1. The lowest BCUT2D eigenvalue weighted by atomic mass is 9.80. The smallest absolute Gasteiger partial charge is 0.410 e. The highest BCUT2D eigenvalue weighted by Crippen LogP contribution is 2.50. The third kappa shape index (κ3) is 20.2. The van der Waals surface area contributed by atoms with E-state index in [1.165, 1.54) is 40.8 Å². The Balaban J connectivity index is 0.000000167. The van der Waals surface area contributed by atoms with E-state index in [0.29, 0.717) is 73.0 Å². The average Bonchev–Trinajstić information content (AvgIpc) is 1.59. The van der Waals surface area contributed by atoms with Gasteiger partial charge in [-0.3, -0.25) is 14.4 Å². The van der Waals surface area contributed by atoms with Crippen LogP contribution in [0.1, 0.15) is 200 Å². The van der Waals surface area contributed by atoms with Crippen molar-refractivity contribution in [2.24, 2.45) is 41.4 Å². The molecule has 3 aromatic rings. The summed E-state index contributed by atoms with van der Waals surface area (Å²) < 4.78 is 16.2. The quantitative estimate of drug-likeness (QED) is 0.173. The number of para-hydroxylation sites is 1. The van der Waals surface area contributed by atoms with Gasteiger partial charge in [0.2, 0.25) is 17.7 Å². The number of rotatable bonds is 12. The van der Waals surface area contributed by atoms with E-state index < -0.39 is 16.8 Å². The van der Waals surface area contributed by atoms with Crippen molar-refractivity contribution in [1.82, 2.24) is 29.8 Å². The van der Waals surface area contributed by atoms with Crippen LogP contribution in [0, 0.1) is 48.3 Å². The predicted molar refractivity (Wildman–Crippen MR) is 373 cm³/mol. The number of anilines is 1. The first-order valence-corrected chi connectivity index (χ1v) is 36.1. The van der Waals surface area contributed by atoms with E-state index >= 15 is 0 Å². The Hall–Kier alpha value is -6.58. The van der Waals surface area contributed by atoms with Crippen molar-refractivity contribution in [1.29, 1.82) is 0 Å². The fraction of sp³-hybridized carbons (Fsp3) is 0.667. The molecule has 516 valence electrons. The molecule has 5 aliphatic carbocycles. The van der Waals surface area contributed by atoms with Crippen LogP contribution in [-0.4, -0.2) is 163 Å². The number of amides is 6. The summed E-state index contributed by atoms with van der Waals surface area (Å²) in [5, 5.41) is 2.92. The van der Waals surface area contributed by atoms with E-state index in [4.69, 9.17) is 14.2 Å². The Morgan fingerprint density at radius 2 is 0.968 bits per heavy atom. The molecule has 0 radical (unpaired) electrons. The maximum atomic E-state index is 13.8. The molecule has 8 aliphatic rings. The van der Waals surface area contributed by atoms with Gasteiger partial charge < -0.3 is 48.9 Å². The molecule has 16 heteroatoms. The molecule has 3 aromatic carbocycles. The van der Waals surface area contributed by atoms with E-state index in [-0.39, 0.29) is 36.0 Å². The first kappa shape index (κ1) is 71.7. The Bertz CT molecular complexity index is 2910. The first-order valence-electron chi connectivity index (χ1n) is 36.1. The van der Waals surface area contributed by atoms with Crippen LogP contribution in [0.15, 0.2) is 84.4 Å². The molecular weight excluding hydrogens is 1180 g/mol. The summed E-state index contributed by atoms with van der Waals surface area (Å²) in [6.45, 7) is 27.2. The Morgan fingerprint density at radius 3 is 1.46 bits per heavy atom. The number of aryl methyl sites for hydroxylation is 1. The minimum absolute atomic E-state index is 0.131. The molecule has 0 spiro atoms. The number of likely N-dealkylation sites (tertiary alicyclic amines) is 1. The molecule has 6 amide bonds. The number of carbonyl (C=O) groups is 6. The largest absolute Gasteiger partial charge is 0.444 e. The summed E-state index contributed by atoms with van der Waals surface area (Å²) in [6, 6.07) is 28.1. The lowest BCUT2D eigenvalue weighted by Crippen LogP contribution is -2.50. The van der Waals surface area contributed by atoms with Crippen molar-refractivity contribution < 1.29 is 43.0 Å². The SMILES string of the molecule is CN(CC1CCC(C(=O)N2CCC(c3ccccc3)CC2)CC1)C(=O)OC(C)(C)C.CN(CC1CCC(C(=O)N2CCN(c3ccccc3)CC2)CC1)C(=O)OC(C)(C)C.Cc1cccc2c1C1=C(C2)C(C2CC2)N(C(=O)C2CCC(CNC(=O)OC(C)(C)C)CC2)CC1. The molecule has 3 aliphatic heterocycles. The number of carbonyl (C=O) groups excluding carboxylic acids is 6. The Kier molecular flexibility index (Phi) is 24.4. The number of benzene rings is 3. The zero-order chi connectivity index (χ0) is 67.5. The monoisotopic (exact) mass is 1290 g/mol. The highest BCUT2D eigenvalue weighted by molar-refractivity contribution is 5.86. The second kappa shape index (κ2) is 32.0. The normalized spacial score (nSPS) is 24.2. The van der Waals surface area contributed by atoms with E-state index in [2.05, 4.69) is 105 Å². The van der Waals surface area contributed by atoms with E-state index in [1.807, 2.05) is 75.4 Å². The summed E-state index contributed by atoms with van der Waals surface area (Å²) in [7, 11) is 3.61. The molecule has 1 N–H and O–H groups in total. The van der Waals surface area contributed by atoms with E-state index in [1.54, 1.807) is 28.0 Å². The molecule has 16 nitrogen and oxygen atoms in total. The van der Waals surface area contributed by atoms with Crippen LogP contribution in [0.4, 0.5) is 20.1 Å². The van der Waals surface area contributed by atoms with Gasteiger partial charge in [0.25, 0.3) is 0 Å². The standard InChI is InChI=1S/C29H40N2O3.C25H38N2O3.C24H37N3O3/c1-18-6-5-7-22-16-24-23(25(18)22)14-15-31(26(24)20-12-13-20)27(32)21-10-8-19(9-11-21)17-30-28(33)34-29(2,3)4;1-25(2,3)30-24(29)26(4)18-19-10-12-22(13-11-19)23(28)27-16-14-21(15-17-27)20-8-6-5-7-9-20;1-24(2,3)30-23(29)25(4)18-19-10-12-20(13-11-19)22(28)27-16-14-26(15-17-27)21-8-6-5-7-9-21/h5-7,19-21,26H,8-17H2,1-4H3,(H,30,33);5-9,19,21-22H,10-18H2,1-4H3;5-9,19-20H,10-18H2,1-4H3. The first-order chi connectivity index (χ1) is 44.7. The summed E-state index contributed by atoms with van der Waals surface area (Å²) in [4.78, 5) is 88.3. The van der Waals surface area contributed by atoms with E-state index in [0.717, 1.165) is 149 Å². The second-order valence-corrected chi connectivity index (χ2v) is 31.8. The van der Waals surface area contributed by atoms with Crippen LogP contribution in [0.2, 0.25) is 0 Å². The highest BCUT2D eigenvalue weighted by atomic mass is 16.6. The fourth-order valence-corrected chi connectivity index (χ4v) is 15.8. The number of ether oxygens (including phenoxy) is 3. The van der Waals surface area contributed by atoms with Gasteiger partial charge >= 0.3 is 18.3 Å². The lowest BCUT2D eigenvalue weighted by molar-refractivity contribution is -0.139. The van der Waals surface area contributed by atoms with Gasteiger partial charge in [0.05, 0.1) is 6.04 Å². The second-order valence-electron chi connectivity index (χ2n) is 31.8. The minimum Gasteiger partial charge on any atom is -0.444 e. The van der Waals surface area contributed by atoms with Gasteiger partial charge in [-0.15, -0.1) is 0 Å². The summed E-state index contributed by atoms with van der Waals surface area (Å²) >= 11 is 0. The lowest BCUT2D eigenvalue weighted by Gasteiger charge is -2.41. The molecular formula is C78H115N7O9. The highest BCUT2D eigenvalue weighted by Gasteiger charge is 2.47. The Labute approximate surface area is 563 Å². The van der Waals surface area contributed by atoms with Gasteiger partial charge in [-0.25, -0.2) is 14.4 Å². The number of hydrogen-bond acceptors (Lipinski definition) is 10. The summed E-state index contributed by atoms with van der Waals surface area (Å²) in [5.41, 5.74) is 8.64. The number of hydrogen-bond donors (Lipinski definition) is 1. The van der Waals surface area contributed by atoms with Crippen molar-refractivity contribution in [2.75, 3.05) is 84.4 Å². The van der Waals surface area contributed by atoms with Crippen LogP contribution in [0.5, 0.6) is 0 Å². The molecule has 3 heterocycles. The maximum absolute atomic E-state index is 13.8. The van der Waals surface area contributed by atoms with Crippen molar-refractivity contribution >= 4 is 47.3 Å². The van der Waals surface area contributed by atoms with Gasteiger partial charge in [-0.2, -0.15) is 0 Å². The van der Waals surface area contributed by atoms with Crippen LogP contribution in [0.3, 0.4) is 0 Å². The van der Waals surface area contributed by atoms with Gasteiger partial charge in [-0.1, -0.05) is 66.7 Å². The van der Waals surface area contributed by atoms with Crippen LogP contribution < -0.4 is 10.2 Å². The topological polar surface area (TPSA) is 162 Å². The fourth-order valence-electron chi connectivity index (χ4n) is 15.8. The van der Waals surface area contributed by atoms with Crippen molar-refractivity contribution in [2.45, 2.75) is 214 Å². The summed E-state index contributed by atoms with van der Waals surface area (Å²) in [6.07, 6.45) is 17.3. The molecule has 11 rings (SSSR count). The van der Waals surface area contributed by atoms with E-state index in [9.17, 15) is 28.8 Å². The number of nitrogens with one attached hydrogen (secondary N) is 1. The van der Waals surface area contributed by atoms with Crippen LogP contribution in [-0.2, 0) is 35.0 Å². The Morgan fingerprint density at radius 1 is 0.500 bits per heavy atom. The van der Waals surface area contributed by atoms with Crippen molar-refractivity contribution in [3.05, 3.63) is 107 Å². The predicted octanol–water partition coefficient (Wildman–Crippen LogP) is 14.7. The minimum atomic E-state index is -0.477. The third-order valence-corrected chi connectivity index (χ3v) is 20.9. The molecule has 1 unspecified atom stereocenters. The van der Waals surface area contributed by atoms with Crippen molar-refractivity contribution in [3.8, 4) is 0 Å². The molecule has 94 heavy (non-hydrogen) atoms. The molecule has 4 saturated carbocycles. The number of piperazine rings is 1. The maximum Gasteiger partial charge on any atom is 0.410 e. The van der Waals surface area contributed by atoms with Gasteiger partial charge in [0.1, 0.15) is 16.8 Å². The number of fused-ring (bicyclic) bond motifs is 2. The zero-order valence-corrected chi connectivity index (χ0v) is 59.4.